The number of aliphatic hydroxyl groups excluding tert-OH is 1. The Morgan fingerprint density at radius 1 is 1.12 bits per heavy atom. The van der Waals surface area contributed by atoms with Crippen molar-refractivity contribution in [2.75, 3.05) is 13.1 Å². The zero-order chi connectivity index (χ0) is 23.8. The van der Waals surface area contributed by atoms with Gasteiger partial charge in [0, 0.05) is 37.4 Å². The normalized spacial score (nSPS) is 36.0. The molecule has 2 aliphatic carbocycles. The molecule has 1 aliphatic heterocycles. The average molecular weight is 457 g/mol. The topological polar surface area (TPSA) is 95.4 Å². The number of nitrogens with zero attached hydrogens (tertiary/aromatic N) is 3. The summed E-state index contributed by atoms with van der Waals surface area (Å²) in [7, 11) is 0. The number of hydrogen-bond donors (Lipinski definition) is 2. The number of amides is 2. The molecule has 0 spiro atoms. The summed E-state index contributed by atoms with van der Waals surface area (Å²) in [5.41, 5.74) is 0.491. The van der Waals surface area contributed by atoms with Crippen LogP contribution in [0, 0.1) is 35.0 Å². The first-order valence-corrected chi connectivity index (χ1v) is 12.7. The van der Waals surface area contributed by atoms with Crippen molar-refractivity contribution in [1.29, 1.82) is 0 Å². The van der Waals surface area contributed by atoms with Crippen molar-refractivity contribution >= 4 is 11.8 Å². The fraction of sp³-hybridized carbons (Fsp3) is 0.769. The average Bonchev–Trinajstić information content (AvgIpc) is 2.81. The van der Waals surface area contributed by atoms with Crippen LogP contribution in [0.25, 0.3) is 0 Å². The van der Waals surface area contributed by atoms with Crippen molar-refractivity contribution < 1.29 is 14.7 Å². The summed E-state index contributed by atoms with van der Waals surface area (Å²) in [5, 5.41) is 14.8. The molecule has 33 heavy (non-hydrogen) atoms. The van der Waals surface area contributed by atoms with Gasteiger partial charge in [-0.15, -0.1) is 0 Å². The number of fused-ring (bicyclic) bond motifs is 1. The van der Waals surface area contributed by atoms with Crippen LogP contribution in [-0.2, 0) is 4.79 Å². The van der Waals surface area contributed by atoms with Crippen LogP contribution >= 0.6 is 0 Å². The quantitative estimate of drug-likeness (QED) is 0.725. The molecule has 182 valence electrons. The Kier molecular flexibility index (Phi) is 7.08. The lowest BCUT2D eigenvalue weighted by atomic mass is 9.51. The third-order valence-electron chi connectivity index (χ3n) is 9.15. The van der Waals surface area contributed by atoms with Gasteiger partial charge in [-0.05, 0) is 67.6 Å². The van der Waals surface area contributed by atoms with Crippen LogP contribution in [0.3, 0.4) is 0 Å². The number of aliphatic hydroxyl groups is 1. The zero-order valence-corrected chi connectivity index (χ0v) is 20.5. The molecule has 2 N–H and O–H groups in total. The Bertz CT molecular complexity index is 841. The summed E-state index contributed by atoms with van der Waals surface area (Å²) < 4.78 is 0. The number of piperidine rings is 1. The maximum absolute atomic E-state index is 13.3. The van der Waals surface area contributed by atoms with Gasteiger partial charge in [0.25, 0.3) is 5.91 Å². The van der Waals surface area contributed by atoms with Gasteiger partial charge in [0.2, 0.25) is 5.91 Å². The lowest BCUT2D eigenvalue weighted by Crippen LogP contribution is -2.58. The molecule has 7 atom stereocenters. The van der Waals surface area contributed by atoms with Gasteiger partial charge in [-0.2, -0.15) is 0 Å². The molecule has 2 amide bonds. The van der Waals surface area contributed by atoms with Gasteiger partial charge in [-0.1, -0.05) is 27.7 Å². The van der Waals surface area contributed by atoms with E-state index in [1.165, 1.54) is 18.7 Å². The molecular weight excluding hydrogens is 416 g/mol. The molecule has 2 saturated carbocycles. The number of rotatable bonds is 4. The molecule has 4 rings (SSSR count). The number of carbonyl (C=O) groups is 2. The van der Waals surface area contributed by atoms with E-state index in [0.717, 1.165) is 51.6 Å². The van der Waals surface area contributed by atoms with Crippen LogP contribution in [0.4, 0.5) is 0 Å². The largest absolute Gasteiger partial charge is 0.392 e. The maximum Gasteiger partial charge on any atom is 0.254 e. The monoisotopic (exact) mass is 456 g/mol. The molecule has 0 radical (unpaired) electrons. The smallest absolute Gasteiger partial charge is 0.254 e. The van der Waals surface area contributed by atoms with Crippen LogP contribution in [-0.4, -0.2) is 57.0 Å². The van der Waals surface area contributed by atoms with Crippen molar-refractivity contribution in [1.82, 2.24) is 20.2 Å². The Morgan fingerprint density at radius 2 is 1.76 bits per heavy atom. The summed E-state index contributed by atoms with van der Waals surface area (Å²) >= 11 is 0. The zero-order valence-electron chi connectivity index (χ0n) is 20.5. The highest BCUT2D eigenvalue weighted by molar-refractivity contribution is 5.93. The summed E-state index contributed by atoms with van der Waals surface area (Å²) in [6.07, 6.45) is 9.83. The van der Waals surface area contributed by atoms with Gasteiger partial charge in [-0.25, -0.2) is 9.97 Å². The summed E-state index contributed by atoms with van der Waals surface area (Å²) in [6.45, 7) is 10.4. The lowest BCUT2D eigenvalue weighted by molar-refractivity contribution is -0.151. The fourth-order valence-corrected chi connectivity index (χ4v) is 6.87. The van der Waals surface area contributed by atoms with Gasteiger partial charge in [-0.3, -0.25) is 9.59 Å². The fourth-order valence-electron chi connectivity index (χ4n) is 6.87. The van der Waals surface area contributed by atoms with E-state index >= 15 is 0 Å². The SMILES string of the molecule is CC1CCN(C(=O)[C@@H](C)[C@H]2CC[C@@]3(C)CC[C@H](NC(=O)c4cncnc4)[C@@H](C)[C@@H]3[C@H]2O)CC1. The Hall–Kier alpha value is -2.02. The van der Waals surface area contributed by atoms with Crippen LogP contribution in [0.5, 0.6) is 0 Å². The van der Waals surface area contributed by atoms with E-state index in [9.17, 15) is 14.7 Å². The summed E-state index contributed by atoms with van der Waals surface area (Å²) in [6, 6.07) is -0.0150. The first-order valence-electron chi connectivity index (χ1n) is 12.7. The number of carbonyl (C=O) groups excluding carboxylic acids is 2. The lowest BCUT2D eigenvalue weighted by Gasteiger charge is -2.56. The highest BCUT2D eigenvalue weighted by Gasteiger charge is 2.54. The van der Waals surface area contributed by atoms with E-state index in [4.69, 9.17) is 0 Å². The third kappa shape index (κ3) is 4.79. The van der Waals surface area contributed by atoms with Crippen LogP contribution in [0.15, 0.2) is 18.7 Å². The van der Waals surface area contributed by atoms with Crippen LogP contribution < -0.4 is 5.32 Å². The molecule has 1 aromatic heterocycles. The first-order chi connectivity index (χ1) is 15.7. The third-order valence-corrected chi connectivity index (χ3v) is 9.15. The van der Waals surface area contributed by atoms with Crippen molar-refractivity contribution in [2.24, 2.45) is 35.0 Å². The maximum atomic E-state index is 13.3. The molecule has 0 aromatic carbocycles. The highest BCUT2D eigenvalue weighted by Crippen LogP contribution is 2.55. The van der Waals surface area contributed by atoms with Crippen LogP contribution in [0.2, 0.25) is 0 Å². The van der Waals surface area contributed by atoms with Gasteiger partial charge in [0.1, 0.15) is 6.33 Å². The van der Waals surface area contributed by atoms with Crippen molar-refractivity contribution in [3.05, 3.63) is 24.3 Å². The molecule has 0 bridgehead atoms. The van der Waals surface area contributed by atoms with E-state index in [2.05, 4.69) is 36.1 Å². The summed E-state index contributed by atoms with van der Waals surface area (Å²) in [4.78, 5) is 35.9. The van der Waals surface area contributed by atoms with Gasteiger partial charge < -0.3 is 15.3 Å². The minimum absolute atomic E-state index is 0.0150. The second-order valence-corrected chi connectivity index (χ2v) is 11.3. The molecule has 3 fully saturated rings. The second-order valence-electron chi connectivity index (χ2n) is 11.3. The Morgan fingerprint density at radius 3 is 2.42 bits per heavy atom. The van der Waals surface area contributed by atoms with Gasteiger partial charge in [0.15, 0.2) is 0 Å². The Labute approximate surface area is 197 Å². The predicted molar refractivity (Wildman–Crippen MR) is 126 cm³/mol. The number of aromatic nitrogens is 2. The molecule has 0 unspecified atom stereocenters. The summed E-state index contributed by atoms with van der Waals surface area (Å²) in [5.74, 6) is 0.680. The number of hydrogen-bond acceptors (Lipinski definition) is 5. The molecular formula is C26H40N4O3. The van der Waals surface area contributed by atoms with E-state index in [-0.39, 0.29) is 46.9 Å². The molecule has 1 aromatic rings. The standard InChI is InChI=1S/C26H40N4O3/c1-16-7-11-30(12-8-16)25(33)17(2)20-5-9-26(4)10-6-21(18(3)22(26)23(20)31)29-24(32)19-13-27-15-28-14-19/h13-18,20-23,31H,5-12H2,1-4H3,(H,29,32)/t17-,18+,20+,21-,22+,23-,26-/m0/s1. The van der Waals surface area contributed by atoms with Crippen molar-refractivity contribution in [3.63, 3.8) is 0 Å². The van der Waals surface area contributed by atoms with Gasteiger partial charge >= 0.3 is 0 Å². The minimum atomic E-state index is -0.541. The molecule has 3 aliphatic rings. The number of nitrogens with one attached hydrogen (secondary N) is 1. The number of likely N-dealkylation sites (tertiary alicyclic amines) is 1. The molecule has 1 saturated heterocycles. The molecule has 2 heterocycles. The van der Waals surface area contributed by atoms with E-state index in [1.807, 2.05) is 11.8 Å². The minimum Gasteiger partial charge on any atom is -0.392 e. The molecule has 7 heteroatoms. The van der Waals surface area contributed by atoms with Crippen molar-refractivity contribution in [3.8, 4) is 0 Å². The van der Waals surface area contributed by atoms with E-state index < -0.39 is 6.10 Å². The van der Waals surface area contributed by atoms with E-state index in [1.54, 1.807) is 0 Å². The van der Waals surface area contributed by atoms with E-state index in [0.29, 0.717) is 11.5 Å². The van der Waals surface area contributed by atoms with Crippen LogP contribution in [0.1, 0.15) is 76.6 Å². The second kappa shape index (κ2) is 9.69. The molecule has 7 nitrogen and oxygen atoms in total. The Balaban J connectivity index is 1.45. The highest BCUT2D eigenvalue weighted by atomic mass is 16.3. The predicted octanol–water partition coefficient (Wildman–Crippen LogP) is 3.29. The van der Waals surface area contributed by atoms with Crippen molar-refractivity contribution in [2.45, 2.75) is 78.4 Å². The first kappa shape index (κ1) is 24.1. The van der Waals surface area contributed by atoms with Gasteiger partial charge in [0.05, 0.1) is 11.7 Å².